The van der Waals surface area contributed by atoms with Crippen molar-refractivity contribution >= 4 is 17.5 Å². The van der Waals surface area contributed by atoms with E-state index >= 15 is 0 Å². The molecule has 0 heterocycles. The maximum Gasteiger partial charge on any atom is 0.279 e. The minimum atomic E-state index is -0.683. The summed E-state index contributed by atoms with van der Waals surface area (Å²) < 4.78 is 0. The molecule has 1 aliphatic rings. The molecule has 0 aliphatic heterocycles. The van der Waals surface area contributed by atoms with E-state index in [-0.39, 0.29) is 24.9 Å². The van der Waals surface area contributed by atoms with Crippen LogP contribution in [0.1, 0.15) is 44.6 Å². The maximum atomic E-state index is 12.7. The van der Waals surface area contributed by atoms with E-state index in [4.69, 9.17) is 0 Å². The molecule has 1 aromatic rings. The molecule has 0 bridgehead atoms. The number of hydrogen-bond donors (Lipinski definition) is 2. The van der Waals surface area contributed by atoms with Crippen LogP contribution in [0.3, 0.4) is 0 Å². The molecular weight excluding hydrogens is 340 g/mol. The number of amides is 2. The number of nitriles is 1. The number of nitrogens with zero attached hydrogens (tertiary/aromatic N) is 2. The number of carbonyl (C=O) groups excluding carboxylic acids is 2. The van der Waals surface area contributed by atoms with E-state index in [0.717, 1.165) is 54.7 Å². The monoisotopic (exact) mass is 371 g/mol. The number of nitrogens with one attached hydrogen (secondary N) is 2. The standard InChI is InChI=1S/C21H30N4O2/c1-4-17-10-6-7-11-18(17)23-19(26)14-24(2)15-20(27)25(3)21(16-22)12-8-5-9-13-21/h6-7,10-11H,4-5,8-9,12-15H2,1-3H3,(H,23,26)/p+1. The first-order valence-electron chi connectivity index (χ1n) is 9.79. The number of carbonyl (C=O) groups is 2. The number of aryl methyl sites for hydroxylation is 1. The van der Waals surface area contributed by atoms with Crippen molar-refractivity contribution in [3.63, 3.8) is 0 Å². The second kappa shape index (κ2) is 9.52. The lowest BCUT2D eigenvalue weighted by Gasteiger charge is -2.39. The Kier molecular flexibility index (Phi) is 7.37. The molecule has 1 aliphatic carbocycles. The van der Waals surface area contributed by atoms with Crippen LogP contribution >= 0.6 is 0 Å². The molecule has 2 amide bonds. The summed E-state index contributed by atoms with van der Waals surface area (Å²) in [5, 5.41) is 12.6. The third-order valence-corrected chi connectivity index (χ3v) is 5.49. The van der Waals surface area contributed by atoms with Gasteiger partial charge in [0.05, 0.1) is 13.1 Å². The van der Waals surface area contributed by atoms with Crippen molar-refractivity contribution in [1.82, 2.24) is 4.90 Å². The predicted octanol–water partition coefficient (Wildman–Crippen LogP) is 1.39. The summed E-state index contributed by atoms with van der Waals surface area (Å²) in [4.78, 5) is 27.5. The fourth-order valence-corrected chi connectivity index (χ4v) is 3.76. The van der Waals surface area contributed by atoms with Gasteiger partial charge in [0.1, 0.15) is 5.54 Å². The lowest BCUT2D eigenvalue weighted by atomic mass is 9.81. The van der Waals surface area contributed by atoms with Crippen molar-refractivity contribution in [2.24, 2.45) is 0 Å². The minimum absolute atomic E-state index is 0.0855. The molecule has 1 saturated carbocycles. The number of benzene rings is 1. The topological polar surface area (TPSA) is 77.6 Å². The van der Waals surface area contributed by atoms with Crippen LogP contribution in [0.15, 0.2) is 24.3 Å². The number of anilines is 1. The largest absolute Gasteiger partial charge is 0.322 e. The number of para-hydroxylation sites is 1. The van der Waals surface area contributed by atoms with Crippen LogP contribution in [0.2, 0.25) is 0 Å². The molecule has 6 nitrogen and oxygen atoms in total. The second-order valence-electron chi connectivity index (χ2n) is 7.53. The zero-order chi connectivity index (χ0) is 19.9. The lowest BCUT2D eigenvalue weighted by molar-refractivity contribution is -0.862. The van der Waals surface area contributed by atoms with Crippen molar-refractivity contribution < 1.29 is 14.5 Å². The van der Waals surface area contributed by atoms with E-state index in [0.29, 0.717) is 0 Å². The van der Waals surface area contributed by atoms with Crippen LogP contribution in [0, 0.1) is 11.3 Å². The molecule has 0 aromatic heterocycles. The first-order valence-corrected chi connectivity index (χ1v) is 9.79. The summed E-state index contributed by atoms with van der Waals surface area (Å²) in [6.07, 6.45) is 5.40. The van der Waals surface area contributed by atoms with E-state index in [1.165, 1.54) is 0 Å². The fourth-order valence-electron chi connectivity index (χ4n) is 3.76. The van der Waals surface area contributed by atoms with Crippen LogP contribution in [-0.4, -0.2) is 49.4 Å². The molecule has 0 spiro atoms. The van der Waals surface area contributed by atoms with Gasteiger partial charge in [0.25, 0.3) is 11.8 Å². The smallest absolute Gasteiger partial charge is 0.279 e. The van der Waals surface area contributed by atoms with E-state index in [1.54, 1.807) is 11.9 Å². The molecule has 1 unspecified atom stereocenters. The van der Waals surface area contributed by atoms with Gasteiger partial charge in [-0.25, -0.2) is 0 Å². The summed E-state index contributed by atoms with van der Waals surface area (Å²) in [5.41, 5.74) is 1.23. The molecule has 0 saturated heterocycles. The number of quaternary nitrogens is 1. The molecular formula is C21H31N4O2+. The van der Waals surface area contributed by atoms with Crippen molar-refractivity contribution in [2.45, 2.75) is 51.0 Å². The van der Waals surface area contributed by atoms with Gasteiger partial charge in [-0.3, -0.25) is 9.59 Å². The van der Waals surface area contributed by atoms with Gasteiger partial charge in [0.2, 0.25) is 0 Å². The average Bonchev–Trinajstić information content (AvgIpc) is 2.68. The molecule has 1 atom stereocenters. The molecule has 2 N–H and O–H groups in total. The van der Waals surface area contributed by atoms with E-state index in [9.17, 15) is 14.9 Å². The van der Waals surface area contributed by atoms with Gasteiger partial charge in [-0.05, 0) is 30.9 Å². The van der Waals surface area contributed by atoms with E-state index in [2.05, 4.69) is 11.4 Å². The van der Waals surface area contributed by atoms with Gasteiger partial charge in [-0.2, -0.15) is 5.26 Å². The number of rotatable bonds is 7. The Labute approximate surface area is 162 Å². The van der Waals surface area contributed by atoms with Gasteiger partial charge < -0.3 is 15.1 Å². The first kappa shape index (κ1) is 20.9. The second-order valence-corrected chi connectivity index (χ2v) is 7.53. The molecule has 146 valence electrons. The van der Waals surface area contributed by atoms with Crippen molar-refractivity contribution in [1.29, 1.82) is 5.26 Å². The third-order valence-electron chi connectivity index (χ3n) is 5.49. The van der Waals surface area contributed by atoms with Crippen LogP contribution in [0.5, 0.6) is 0 Å². The van der Waals surface area contributed by atoms with Gasteiger partial charge in [0, 0.05) is 12.7 Å². The molecule has 2 rings (SSSR count). The Balaban J connectivity index is 1.90. The molecule has 1 fully saturated rings. The van der Waals surface area contributed by atoms with Crippen LogP contribution in [0.4, 0.5) is 5.69 Å². The minimum Gasteiger partial charge on any atom is -0.322 e. The highest BCUT2D eigenvalue weighted by Gasteiger charge is 2.39. The van der Waals surface area contributed by atoms with E-state index < -0.39 is 5.54 Å². The summed E-state index contributed by atoms with van der Waals surface area (Å²) in [6.45, 7) is 2.45. The highest BCUT2D eigenvalue weighted by atomic mass is 16.2. The zero-order valence-electron chi connectivity index (χ0n) is 16.7. The zero-order valence-corrected chi connectivity index (χ0v) is 16.7. The van der Waals surface area contributed by atoms with Crippen molar-refractivity contribution in [3.05, 3.63) is 29.8 Å². The highest BCUT2D eigenvalue weighted by molar-refractivity contribution is 5.92. The summed E-state index contributed by atoms with van der Waals surface area (Å²) in [5.74, 6) is -0.200. The quantitative estimate of drug-likeness (QED) is 0.760. The molecule has 6 heteroatoms. The SMILES string of the molecule is CCc1ccccc1NC(=O)C[NH+](C)CC(=O)N(C)C1(C#N)CCCCC1. The van der Waals surface area contributed by atoms with Gasteiger partial charge in [-0.15, -0.1) is 0 Å². The maximum absolute atomic E-state index is 12.7. The summed E-state index contributed by atoms with van der Waals surface area (Å²) in [6, 6.07) is 10.1. The Morgan fingerprint density at radius 2 is 1.89 bits per heavy atom. The normalized spacial score (nSPS) is 16.8. The highest BCUT2D eigenvalue weighted by Crippen LogP contribution is 2.32. The molecule has 0 radical (unpaired) electrons. The van der Waals surface area contributed by atoms with Gasteiger partial charge in [0.15, 0.2) is 13.1 Å². The van der Waals surface area contributed by atoms with Crippen LogP contribution in [-0.2, 0) is 16.0 Å². The van der Waals surface area contributed by atoms with Crippen LogP contribution < -0.4 is 10.2 Å². The Morgan fingerprint density at radius 1 is 1.22 bits per heavy atom. The molecule has 27 heavy (non-hydrogen) atoms. The number of hydrogen-bond acceptors (Lipinski definition) is 3. The first-order chi connectivity index (χ1) is 12.9. The lowest BCUT2D eigenvalue weighted by Crippen LogP contribution is -3.11. The third kappa shape index (κ3) is 5.30. The Hall–Kier alpha value is -2.39. The summed E-state index contributed by atoms with van der Waals surface area (Å²) in [7, 11) is 3.55. The van der Waals surface area contributed by atoms with Gasteiger partial charge in [-0.1, -0.05) is 44.4 Å². The average molecular weight is 372 g/mol. The fraction of sp³-hybridized carbons (Fsp3) is 0.571. The van der Waals surface area contributed by atoms with Crippen molar-refractivity contribution in [3.8, 4) is 6.07 Å². The summed E-state index contributed by atoms with van der Waals surface area (Å²) >= 11 is 0. The van der Waals surface area contributed by atoms with Gasteiger partial charge >= 0.3 is 0 Å². The number of likely N-dealkylation sites (N-methyl/N-ethyl adjacent to an activating group) is 2. The Bertz CT molecular complexity index is 704. The Morgan fingerprint density at radius 3 is 2.52 bits per heavy atom. The van der Waals surface area contributed by atoms with Crippen LogP contribution in [0.25, 0.3) is 0 Å². The van der Waals surface area contributed by atoms with Crippen molar-refractivity contribution in [2.75, 3.05) is 32.5 Å². The van der Waals surface area contributed by atoms with E-state index in [1.807, 2.05) is 38.2 Å². The molecule has 1 aromatic carbocycles. The predicted molar refractivity (Wildman–Crippen MR) is 105 cm³/mol.